The van der Waals surface area contributed by atoms with Crippen LogP contribution in [0.5, 0.6) is 0 Å². The number of carbonyl (C=O) groups is 3. The van der Waals surface area contributed by atoms with Crippen LogP contribution in [-0.4, -0.2) is 33.6 Å². The van der Waals surface area contributed by atoms with E-state index in [-0.39, 0.29) is 36.3 Å². The summed E-state index contributed by atoms with van der Waals surface area (Å²) in [7, 11) is 0. The van der Waals surface area contributed by atoms with Crippen LogP contribution in [0.25, 0.3) is 11.3 Å². The van der Waals surface area contributed by atoms with Crippen LogP contribution >= 0.6 is 0 Å². The molecule has 3 amide bonds. The van der Waals surface area contributed by atoms with E-state index in [1.807, 2.05) is 0 Å². The minimum absolute atomic E-state index is 0.127. The van der Waals surface area contributed by atoms with Gasteiger partial charge in [-0.05, 0) is 42.7 Å². The zero-order valence-corrected chi connectivity index (χ0v) is 14.6. The van der Waals surface area contributed by atoms with E-state index in [4.69, 9.17) is 5.73 Å². The summed E-state index contributed by atoms with van der Waals surface area (Å²) < 4.78 is 14.5. The maximum Gasteiger partial charge on any atom is 0.255 e. The van der Waals surface area contributed by atoms with E-state index >= 15 is 0 Å². The first-order valence-corrected chi connectivity index (χ1v) is 8.55. The number of aromatic nitrogens is 1. The van der Waals surface area contributed by atoms with Crippen molar-refractivity contribution in [3.63, 3.8) is 0 Å². The van der Waals surface area contributed by atoms with Crippen molar-refractivity contribution in [3.05, 3.63) is 46.8 Å². The number of nitrogen functional groups attached to an aromatic ring is 1. The Morgan fingerprint density at radius 1 is 1.26 bits per heavy atom. The zero-order valence-electron chi connectivity index (χ0n) is 14.6. The van der Waals surface area contributed by atoms with Crippen LogP contribution in [0.2, 0.25) is 0 Å². The second-order valence-corrected chi connectivity index (χ2v) is 6.80. The summed E-state index contributed by atoms with van der Waals surface area (Å²) in [5.74, 6) is -1.32. The third-order valence-corrected chi connectivity index (χ3v) is 4.96. The fourth-order valence-electron chi connectivity index (χ4n) is 3.60. The molecular formula is C19H17FN4O3. The lowest BCUT2D eigenvalue weighted by Gasteiger charge is -2.29. The highest BCUT2D eigenvalue weighted by Gasteiger charge is 2.39. The second-order valence-electron chi connectivity index (χ2n) is 6.80. The molecule has 1 fully saturated rings. The molecule has 1 atom stereocenters. The molecule has 0 saturated carbocycles. The van der Waals surface area contributed by atoms with Crippen LogP contribution in [0.1, 0.15) is 34.3 Å². The number of hydrogen-bond acceptors (Lipinski definition) is 5. The van der Waals surface area contributed by atoms with Crippen LogP contribution in [0.4, 0.5) is 10.2 Å². The van der Waals surface area contributed by atoms with Gasteiger partial charge in [0.2, 0.25) is 11.8 Å². The van der Waals surface area contributed by atoms with Gasteiger partial charge < -0.3 is 10.6 Å². The molecular weight excluding hydrogens is 351 g/mol. The van der Waals surface area contributed by atoms with E-state index in [1.165, 1.54) is 11.0 Å². The Labute approximate surface area is 154 Å². The fourth-order valence-corrected chi connectivity index (χ4v) is 3.60. The maximum atomic E-state index is 14.5. The molecule has 1 aromatic carbocycles. The Bertz CT molecular complexity index is 1000. The smallest absolute Gasteiger partial charge is 0.255 e. The normalized spacial score (nSPS) is 19.3. The van der Waals surface area contributed by atoms with E-state index in [0.717, 1.165) is 0 Å². The number of anilines is 1. The molecule has 4 rings (SSSR count). The molecule has 0 spiro atoms. The maximum absolute atomic E-state index is 14.5. The number of nitrogens with zero attached hydrogens (tertiary/aromatic N) is 2. The van der Waals surface area contributed by atoms with Crippen molar-refractivity contribution in [1.29, 1.82) is 0 Å². The molecule has 2 aromatic rings. The van der Waals surface area contributed by atoms with Crippen molar-refractivity contribution in [1.82, 2.24) is 15.2 Å². The van der Waals surface area contributed by atoms with Gasteiger partial charge in [0.25, 0.3) is 5.91 Å². The van der Waals surface area contributed by atoms with Gasteiger partial charge in [0.05, 0.1) is 0 Å². The molecule has 2 aliphatic rings. The summed E-state index contributed by atoms with van der Waals surface area (Å²) >= 11 is 0. The summed E-state index contributed by atoms with van der Waals surface area (Å²) in [4.78, 5) is 41.7. The molecule has 0 radical (unpaired) electrons. The number of nitrogens with two attached hydrogens (primary N) is 1. The van der Waals surface area contributed by atoms with Gasteiger partial charge in [-0.15, -0.1) is 0 Å². The average Bonchev–Trinajstić information content (AvgIpc) is 2.94. The van der Waals surface area contributed by atoms with Gasteiger partial charge in [-0.3, -0.25) is 19.7 Å². The van der Waals surface area contributed by atoms with E-state index < -0.39 is 17.8 Å². The van der Waals surface area contributed by atoms with Gasteiger partial charge in [0.15, 0.2) is 5.82 Å². The van der Waals surface area contributed by atoms with E-state index in [1.54, 1.807) is 25.1 Å². The summed E-state index contributed by atoms with van der Waals surface area (Å²) in [6, 6.07) is 5.70. The number of hydrogen-bond donors (Lipinski definition) is 2. The summed E-state index contributed by atoms with van der Waals surface area (Å²) in [5, 5.41) is 2.27. The van der Waals surface area contributed by atoms with Crippen molar-refractivity contribution in [3.8, 4) is 11.3 Å². The molecule has 7 nitrogen and oxygen atoms in total. The fraction of sp³-hybridized carbons (Fsp3) is 0.263. The lowest BCUT2D eigenvalue weighted by Crippen LogP contribution is -2.52. The highest BCUT2D eigenvalue weighted by molar-refractivity contribution is 6.05. The monoisotopic (exact) mass is 368 g/mol. The largest absolute Gasteiger partial charge is 0.384 e. The molecule has 2 aliphatic heterocycles. The van der Waals surface area contributed by atoms with Crippen molar-refractivity contribution in [2.75, 3.05) is 5.73 Å². The molecule has 3 heterocycles. The lowest BCUT2D eigenvalue weighted by molar-refractivity contribution is -0.136. The number of pyridine rings is 1. The third-order valence-electron chi connectivity index (χ3n) is 4.96. The molecule has 8 heteroatoms. The van der Waals surface area contributed by atoms with Gasteiger partial charge in [-0.25, -0.2) is 9.37 Å². The van der Waals surface area contributed by atoms with Crippen LogP contribution in [0.3, 0.4) is 0 Å². The van der Waals surface area contributed by atoms with Crippen molar-refractivity contribution >= 4 is 23.5 Å². The van der Waals surface area contributed by atoms with Gasteiger partial charge in [-0.2, -0.15) is 0 Å². The highest BCUT2D eigenvalue weighted by atomic mass is 19.1. The van der Waals surface area contributed by atoms with Crippen molar-refractivity contribution < 1.29 is 18.8 Å². The SMILES string of the molecule is Cc1cc(N)nc(-c2ccc3c(c2)CN(C2CCC(=O)NC2=O)C3=O)c1F. The van der Waals surface area contributed by atoms with Crippen molar-refractivity contribution in [2.45, 2.75) is 32.4 Å². The minimum Gasteiger partial charge on any atom is -0.384 e. The van der Waals surface area contributed by atoms with Gasteiger partial charge in [-0.1, -0.05) is 6.07 Å². The number of fused-ring (bicyclic) bond motifs is 1. The molecule has 0 bridgehead atoms. The average molecular weight is 368 g/mol. The number of carbonyl (C=O) groups excluding carboxylic acids is 3. The summed E-state index contributed by atoms with van der Waals surface area (Å²) in [6.45, 7) is 1.83. The van der Waals surface area contributed by atoms with Gasteiger partial charge in [0.1, 0.15) is 17.6 Å². The minimum atomic E-state index is -0.685. The number of amides is 3. The number of piperidine rings is 1. The topological polar surface area (TPSA) is 105 Å². The number of halogens is 1. The van der Waals surface area contributed by atoms with Gasteiger partial charge in [0, 0.05) is 24.1 Å². The first kappa shape index (κ1) is 17.1. The summed E-state index contributed by atoms with van der Waals surface area (Å²) in [5.41, 5.74) is 7.91. The molecule has 1 unspecified atom stereocenters. The first-order valence-electron chi connectivity index (χ1n) is 8.55. The summed E-state index contributed by atoms with van der Waals surface area (Å²) in [6.07, 6.45) is 0.487. The predicted molar refractivity (Wildman–Crippen MR) is 94.8 cm³/mol. The third kappa shape index (κ3) is 2.83. The highest BCUT2D eigenvalue weighted by Crippen LogP contribution is 2.32. The van der Waals surface area contributed by atoms with E-state index in [2.05, 4.69) is 10.3 Å². The molecule has 138 valence electrons. The number of benzene rings is 1. The number of nitrogens with one attached hydrogen (secondary N) is 1. The number of rotatable bonds is 2. The van der Waals surface area contributed by atoms with Crippen molar-refractivity contribution in [2.24, 2.45) is 0 Å². The first-order chi connectivity index (χ1) is 12.8. The Morgan fingerprint density at radius 3 is 2.78 bits per heavy atom. The van der Waals surface area contributed by atoms with E-state index in [9.17, 15) is 18.8 Å². The molecule has 0 aliphatic carbocycles. The Balaban J connectivity index is 1.67. The lowest BCUT2D eigenvalue weighted by atomic mass is 10.0. The van der Waals surface area contributed by atoms with Crippen LogP contribution < -0.4 is 11.1 Å². The Kier molecular flexibility index (Phi) is 3.91. The van der Waals surface area contributed by atoms with Crippen LogP contribution in [-0.2, 0) is 16.1 Å². The second kappa shape index (κ2) is 6.15. The predicted octanol–water partition coefficient (Wildman–Crippen LogP) is 1.54. The molecule has 27 heavy (non-hydrogen) atoms. The van der Waals surface area contributed by atoms with E-state index in [0.29, 0.717) is 28.7 Å². The molecule has 1 aromatic heterocycles. The number of imide groups is 1. The van der Waals surface area contributed by atoms with Crippen LogP contribution in [0, 0.1) is 12.7 Å². The van der Waals surface area contributed by atoms with Gasteiger partial charge >= 0.3 is 0 Å². The molecule has 1 saturated heterocycles. The Hall–Kier alpha value is -3.29. The number of aryl methyl sites for hydroxylation is 1. The standard InChI is InChI=1S/C19H17FN4O3/c1-9-6-14(21)22-17(16(9)20)10-2-3-12-11(7-10)8-24(19(12)27)13-4-5-15(25)23-18(13)26/h2-3,6-7,13H,4-5,8H2,1H3,(H2,21,22)(H,23,25,26). The quantitative estimate of drug-likeness (QED) is 0.782. The van der Waals surface area contributed by atoms with Crippen LogP contribution in [0.15, 0.2) is 24.3 Å². The molecule has 3 N–H and O–H groups in total. The Morgan fingerprint density at radius 2 is 2.04 bits per heavy atom. The zero-order chi connectivity index (χ0) is 19.3.